The predicted molar refractivity (Wildman–Crippen MR) is 129 cm³/mol. The molecule has 9 heteroatoms. The van der Waals surface area contributed by atoms with Crippen LogP contribution in [0.1, 0.15) is 28.0 Å². The minimum absolute atomic E-state index is 0.00843. The smallest absolute Gasteiger partial charge is 0.418 e. The van der Waals surface area contributed by atoms with Gasteiger partial charge in [-0.15, -0.1) is 11.8 Å². The van der Waals surface area contributed by atoms with E-state index in [4.69, 9.17) is 8.83 Å². The lowest BCUT2D eigenvalue weighted by Crippen LogP contribution is -2.18. The minimum Gasteiger partial charge on any atom is -0.469 e. The molecule has 5 aromatic rings. The number of benzene rings is 2. The molecule has 0 amide bonds. The molecule has 0 N–H and O–H groups in total. The number of alkyl halides is 3. The Morgan fingerprint density at radius 3 is 2.75 bits per heavy atom. The van der Waals surface area contributed by atoms with Crippen LogP contribution in [0.25, 0.3) is 33.0 Å². The van der Waals surface area contributed by atoms with Crippen molar-refractivity contribution in [3.8, 4) is 17.3 Å². The lowest BCUT2D eigenvalue weighted by Gasteiger charge is -2.22. The van der Waals surface area contributed by atoms with Crippen LogP contribution in [0.5, 0.6) is 0 Å². The number of hydrogen-bond acceptors (Lipinski definition) is 6. The van der Waals surface area contributed by atoms with Crippen LogP contribution < -0.4 is 5.63 Å². The fourth-order valence-corrected chi connectivity index (χ4v) is 5.82. The van der Waals surface area contributed by atoms with Crippen LogP contribution in [-0.4, -0.2) is 4.98 Å². The average molecular weight is 504 g/mol. The Balaban J connectivity index is 1.52. The Morgan fingerprint density at radius 1 is 1.11 bits per heavy atom. The molecule has 5 nitrogen and oxygen atoms in total. The summed E-state index contributed by atoms with van der Waals surface area (Å²) in [5.41, 5.74) is -0.353. The van der Waals surface area contributed by atoms with E-state index in [1.54, 1.807) is 18.2 Å². The van der Waals surface area contributed by atoms with Crippen LogP contribution in [0.3, 0.4) is 0 Å². The highest BCUT2D eigenvalue weighted by atomic mass is 32.2. The quantitative estimate of drug-likeness (QED) is 0.151. The summed E-state index contributed by atoms with van der Waals surface area (Å²) >= 11 is 0.992. The summed E-state index contributed by atoms with van der Waals surface area (Å²) in [6.45, 7) is 0. The van der Waals surface area contributed by atoms with Crippen LogP contribution in [0.4, 0.5) is 13.2 Å². The summed E-state index contributed by atoms with van der Waals surface area (Å²) in [7, 11) is 0. The molecule has 36 heavy (non-hydrogen) atoms. The Morgan fingerprint density at radius 2 is 1.94 bits per heavy atom. The van der Waals surface area contributed by atoms with E-state index < -0.39 is 22.9 Å². The van der Waals surface area contributed by atoms with E-state index in [1.807, 2.05) is 30.3 Å². The first-order chi connectivity index (χ1) is 17.3. The maximum atomic E-state index is 14.2. The van der Waals surface area contributed by atoms with E-state index in [9.17, 15) is 23.2 Å². The van der Waals surface area contributed by atoms with E-state index in [0.717, 1.165) is 22.5 Å². The second-order valence-electron chi connectivity index (χ2n) is 8.40. The summed E-state index contributed by atoms with van der Waals surface area (Å²) in [5.74, 6) is 0.688. The van der Waals surface area contributed by atoms with Crippen molar-refractivity contribution in [2.45, 2.75) is 29.8 Å². The zero-order valence-corrected chi connectivity index (χ0v) is 19.3. The molecule has 3 aromatic heterocycles. The molecule has 0 unspecified atom stereocenters. The first-order valence-electron chi connectivity index (χ1n) is 11.0. The summed E-state index contributed by atoms with van der Waals surface area (Å²) < 4.78 is 53.5. The van der Waals surface area contributed by atoms with Crippen LogP contribution in [0, 0.1) is 11.3 Å². The number of hydrogen-bond donors (Lipinski definition) is 0. The Kier molecular flexibility index (Phi) is 5.16. The van der Waals surface area contributed by atoms with Crippen LogP contribution >= 0.6 is 11.8 Å². The first-order valence-corrected chi connectivity index (χ1v) is 12.0. The fourth-order valence-electron chi connectivity index (χ4n) is 4.85. The number of furan rings is 1. The molecule has 1 aliphatic carbocycles. The zero-order valence-electron chi connectivity index (χ0n) is 18.5. The second kappa shape index (κ2) is 8.28. The lowest BCUT2D eigenvalue weighted by molar-refractivity contribution is -0.138. The summed E-state index contributed by atoms with van der Waals surface area (Å²) in [6, 6.07) is 15.8. The third kappa shape index (κ3) is 3.57. The molecular formula is C27H15F3N2O3S. The van der Waals surface area contributed by atoms with Gasteiger partial charge in [-0.2, -0.15) is 18.4 Å². The van der Waals surface area contributed by atoms with Crippen molar-refractivity contribution in [3.63, 3.8) is 0 Å². The van der Waals surface area contributed by atoms with Crippen molar-refractivity contribution < 1.29 is 22.0 Å². The van der Waals surface area contributed by atoms with Gasteiger partial charge in [-0.25, -0.2) is 9.78 Å². The third-order valence-electron chi connectivity index (χ3n) is 6.34. The predicted octanol–water partition coefficient (Wildman–Crippen LogP) is 6.88. The second-order valence-corrected chi connectivity index (χ2v) is 9.36. The van der Waals surface area contributed by atoms with Crippen LogP contribution in [-0.2, 0) is 24.8 Å². The van der Waals surface area contributed by atoms with Gasteiger partial charge < -0.3 is 8.83 Å². The molecular weight excluding hydrogens is 489 g/mol. The highest BCUT2D eigenvalue weighted by Crippen LogP contribution is 2.45. The van der Waals surface area contributed by atoms with E-state index >= 15 is 0 Å². The van der Waals surface area contributed by atoms with Gasteiger partial charge in [-0.3, -0.25) is 0 Å². The van der Waals surface area contributed by atoms with Gasteiger partial charge in [0.15, 0.2) is 0 Å². The molecule has 0 spiro atoms. The number of aryl methyl sites for hydroxylation is 1. The van der Waals surface area contributed by atoms with Crippen molar-refractivity contribution in [2.75, 3.05) is 0 Å². The number of aromatic nitrogens is 1. The monoisotopic (exact) mass is 504 g/mol. The fraction of sp³-hybridized carbons (Fsp3) is 0.148. The maximum Gasteiger partial charge on any atom is 0.418 e. The molecule has 0 aliphatic heterocycles. The van der Waals surface area contributed by atoms with Gasteiger partial charge in [0, 0.05) is 29.2 Å². The van der Waals surface area contributed by atoms with E-state index in [2.05, 4.69) is 4.98 Å². The van der Waals surface area contributed by atoms with Gasteiger partial charge in [0.1, 0.15) is 22.4 Å². The topological polar surface area (TPSA) is 80.0 Å². The molecule has 0 bridgehead atoms. The lowest BCUT2D eigenvalue weighted by atomic mass is 9.89. The molecule has 0 fully saturated rings. The molecule has 3 heterocycles. The van der Waals surface area contributed by atoms with E-state index in [0.29, 0.717) is 34.3 Å². The number of rotatable bonds is 3. The number of fused-ring (bicyclic) bond motifs is 6. The number of pyridine rings is 1. The van der Waals surface area contributed by atoms with Crippen molar-refractivity contribution in [1.82, 2.24) is 4.98 Å². The van der Waals surface area contributed by atoms with Gasteiger partial charge in [0.25, 0.3) is 0 Å². The zero-order chi connectivity index (χ0) is 25.0. The van der Waals surface area contributed by atoms with Crippen LogP contribution in [0.15, 0.2) is 73.4 Å². The molecule has 6 rings (SSSR count). The van der Waals surface area contributed by atoms with Gasteiger partial charge in [0.05, 0.1) is 23.1 Å². The molecule has 0 radical (unpaired) electrons. The summed E-state index contributed by atoms with van der Waals surface area (Å²) in [6.07, 6.45) is -2.92. The van der Waals surface area contributed by atoms with E-state index in [1.165, 1.54) is 12.3 Å². The molecule has 0 saturated carbocycles. The van der Waals surface area contributed by atoms with Crippen molar-refractivity contribution in [2.24, 2.45) is 0 Å². The third-order valence-corrected chi connectivity index (χ3v) is 7.37. The molecule has 0 saturated heterocycles. The SMILES string of the molecule is N#Cc1c(SCc2cc(=O)oc3ccc4ccccc4c23)nc2c(c1C(F)(F)F)CCc1occc1-2. The number of nitriles is 1. The first kappa shape index (κ1) is 22.4. The highest BCUT2D eigenvalue weighted by Gasteiger charge is 2.41. The van der Waals surface area contributed by atoms with Crippen molar-refractivity contribution >= 4 is 33.5 Å². The minimum atomic E-state index is -4.73. The van der Waals surface area contributed by atoms with Crippen molar-refractivity contribution in [3.05, 3.63) is 93.2 Å². The van der Waals surface area contributed by atoms with E-state index in [-0.39, 0.29) is 28.5 Å². The van der Waals surface area contributed by atoms with Crippen molar-refractivity contribution in [1.29, 1.82) is 5.26 Å². The molecule has 178 valence electrons. The number of halogens is 3. The normalized spacial score (nSPS) is 12.9. The van der Waals surface area contributed by atoms with Gasteiger partial charge in [-0.05, 0) is 40.5 Å². The maximum absolute atomic E-state index is 14.2. The van der Waals surface area contributed by atoms with Crippen LogP contribution in [0.2, 0.25) is 0 Å². The number of nitrogens with zero attached hydrogens (tertiary/aromatic N) is 2. The Labute approximate surface area is 206 Å². The van der Waals surface area contributed by atoms with Gasteiger partial charge in [-0.1, -0.05) is 30.3 Å². The standard InChI is InChI=1S/C27H15F3N2O3S/c28-27(29,30)24-18-6-8-20-17(9-10-34-20)25(18)32-26(19(24)12-31)36-13-15-11-22(33)35-21-7-5-14-3-1-2-4-16(14)23(15)21/h1-5,7,9-11H,6,8,13H2. The average Bonchev–Trinajstić information content (AvgIpc) is 3.34. The highest BCUT2D eigenvalue weighted by molar-refractivity contribution is 7.98. The van der Waals surface area contributed by atoms with Gasteiger partial charge >= 0.3 is 11.8 Å². The molecule has 2 aromatic carbocycles. The Bertz CT molecular complexity index is 1780. The number of thioether (sulfide) groups is 1. The van der Waals surface area contributed by atoms with Gasteiger partial charge in [0.2, 0.25) is 0 Å². The molecule has 1 aliphatic rings. The Hall–Kier alpha value is -4.03. The summed E-state index contributed by atoms with van der Waals surface area (Å²) in [5, 5.41) is 12.2. The largest absolute Gasteiger partial charge is 0.469 e. The molecule has 0 atom stereocenters. The summed E-state index contributed by atoms with van der Waals surface area (Å²) in [4.78, 5) is 16.8.